The van der Waals surface area contributed by atoms with E-state index in [1.54, 1.807) is 6.20 Å². The Morgan fingerprint density at radius 2 is 1.84 bits per heavy atom. The van der Waals surface area contributed by atoms with Crippen molar-refractivity contribution in [1.29, 1.82) is 5.26 Å². The Morgan fingerprint density at radius 1 is 1.28 bits per heavy atom. The molecule has 134 valence electrons. The molecule has 1 saturated heterocycles. The van der Waals surface area contributed by atoms with Crippen molar-refractivity contribution in [2.75, 3.05) is 32.5 Å². The Balaban J connectivity index is 2.12. The third kappa shape index (κ3) is 4.83. The fourth-order valence-corrected chi connectivity index (χ4v) is 3.41. The van der Waals surface area contributed by atoms with Crippen LogP contribution in [0.25, 0.3) is 0 Å². The number of nitrogens with zero attached hydrogens (tertiary/aromatic N) is 3. The van der Waals surface area contributed by atoms with Gasteiger partial charge in [-0.25, -0.2) is 0 Å². The molecule has 1 amide bonds. The van der Waals surface area contributed by atoms with Gasteiger partial charge in [-0.1, -0.05) is 17.7 Å². The molecule has 2 rings (SSSR count). The number of benzene rings is 1. The first kappa shape index (κ1) is 19.0. The number of piperidine rings is 1. The van der Waals surface area contributed by atoms with Gasteiger partial charge < -0.3 is 15.1 Å². The second-order valence-electron chi connectivity index (χ2n) is 7.08. The van der Waals surface area contributed by atoms with E-state index in [9.17, 15) is 10.1 Å². The maximum absolute atomic E-state index is 12.6. The van der Waals surface area contributed by atoms with Crippen LogP contribution in [-0.2, 0) is 4.79 Å². The Morgan fingerprint density at radius 3 is 2.36 bits per heavy atom. The molecule has 25 heavy (non-hydrogen) atoms. The molecule has 0 unspecified atom stereocenters. The Bertz CT molecular complexity index is 686. The summed E-state index contributed by atoms with van der Waals surface area (Å²) in [7, 11) is 4.06. The molecule has 1 N–H and O–H groups in total. The van der Waals surface area contributed by atoms with Gasteiger partial charge in [0.1, 0.15) is 11.6 Å². The topological polar surface area (TPSA) is 59.4 Å². The molecule has 0 aliphatic carbocycles. The number of rotatable bonds is 4. The molecule has 1 aliphatic rings. The summed E-state index contributed by atoms with van der Waals surface area (Å²) in [5.74, 6) is -0.350. The van der Waals surface area contributed by atoms with Crippen LogP contribution in [0, 0.1) is 32.1 Å². The average molecular weight is 340 g/mol. The molecular formula is C20H28N4O. The predicted octanol–water partition coefficient (Wildman–Crippen LogP) is 2.98. The van der Waals surface area contributed by atoms with Gasteiger partial charge in [-0.15, -0.1) is 0 Å². The first-order chi connectivity index (χ1) is 11.8. The highest BCUT2D eigenvalue weighted by Crippen LogP contribution is 2.23. The minimum Gasteiger partial charge on any atom is -0.376 e. The zero-order valence-corrected chi connectivity index (χ0v) is 15.9. The molecule has 1 aromatic carbocycles. The van der Waals surface area contributed by atoms with Gasteiger partial charge in [0.05, 0.1) is 0 Å². The van der Waals surface area contributed by atoms with E-state index >= 15 is 0 Å². The summed E-state index contributed by atoms with van der Waals surface area (Å²) in [5, 5.41) is 12.3. The Hall–Kier alpha value is -2.32. The Kier molecular flexibility index (Phi) is 6.22. The molecule has 1 heterocycles. The van der Waals surface area contributed by atoms with E-state index in [1.165, 1.54) is 0 Å². The van der Waals surface area contributed by atoms with E-state index in [0.717, 1.165) is 48.3 Å². The van der Waals surface area contributed by atoms with Crippen molar-refractivity contribution in [2.45, 2.75) is 39.7 Å². The lowest BCUT2D eigenvalue weighted by atomic mass is 10.0. The van der Waals surface area contributed by atoms with E-state index < -0.39 is 0 Å². The van der Waals surface area contributed by atoms with Crippen LogP contribution in [0.3, 0.4) is 0 Å². The van der Waals surface area contributed by atoms with Crippen molar-refractivity contribution in [3.8, 4) is 6.07 Å². The lowest BCUT2D eigenvalue weighted by molar-refractivity contribution is -0.112. The van der Waals surface area contributed by atoms with Gasteiger partial charge >= 0.3 is 0 Å². The molecule has 0 aromatic heterocycles. The van der Waals surface area contributed by atoms with E-state index in [1.807, 2.05) is 50.9 Å². The monoisotopic (exact) mass is 340 g/mol. The van der Waals surface area contributed by atoms with Crippen molar-refractivity contribution < 1.29 is 4.79 Å². The maximum atomic E-state index is 12.6. The number of likely N-dealkylation sites (tertiary alicyclic amines) is 1. The first-order valence-corrected chi connectivity index (χ1v) is 8.73. The predicted molar refractivity (Wildman–Crippen MR) is 101 cm³/mol. The number of carbonyl (C=O) groups excluding carboxylic acids is 1. The normalized spacial score (nSPS) is 16.4. The summed E-state index contributed by atoms with van der Waals surface area (Å²) in [4.78, 5) is 16.9. The molecule has 1 aliphatic heterocycles. The minimum atomic E-state index is -0.350. The fourth-order valence-electron chi connectivity index (χ4n) is 3.41. The minimum absolute atomic E-state index is 0.140. The molecule has 5 heteroatoms. The number of anilines is 1. The molecule has 0 atom stereocenters. The number of hydrogen-bond donors (Lipinski definition) is 1. The maximum Gasteiger partial charge on any atom is 0.267 e. The van der Waals surface area contributed by atoms with Gasteiger partial charge in [0.25, 0.3) is 5.91 Å². The zero-order valence-electron chi connectivity index (χ0n) is 15.9. The second kappa shape index (κ2) is 8.17. The van der Waals surface area contributed by atoms with Crippen LogP contribution in [0.4, 0.5) is 5.69 Å². The summed E-state index contributed by atoms with van der Waals surface area (Å²) < 4.78 is 0. The molecule has 5 nitrogen and oxygen atoms in total. The van der Waals surface area contributed by atoms with Gasteiger partial charge in [0.2, 0.25) is 0 Å². The van der Waals surface area contributed by atoms with Crippen LogP contribution in [0.2, 0.25) is 0 Å². The molecule has 0 spiro atoms. The smallest absolute Gasteiger partial charge is 0.267 e. The Labute approximate surface area is 150 Å². The van der Waals surface area contributed by atoms with Gasteiger partial charge in [0, 0.05) is 25.0 Å². The van der Waals surface area contributed by atoms with Crippen molar-refractivity contribution in [1.82, 2.24) is 9.80 Å². The highest BCUT2D eigenvalue weighted by atomic mass is 16.1. The van der Waals surface area contributed by atoms with Crippen LogP contribution in [0.15, 0.2) is 23.9 Å². The third-order valence-corrected chi connectivity index (χ3v) is 4.88. The lowest BCUT2D eigenvalue weighted by Crippen LogP contribution is -2.40. The molecule has 0 radical (unpaired) electrons. The molecular weight excluding hydrogens is 312 g/mol. The number of amides is 1. The standard InChI is InChI=1S/C20H28N4O/c1-14-10-15(2)19(16(3)11-14)22-20(25)17(12-21)13-24(5)18-6-8-23(4)9-7-18/h10-11,13,18H,6-9H2,1-5H3,(H,22,25)/b17-13-. The first-order valence-electron chi connectivity index (χ1n) is 8.73. The average Bonchev–Trinajstić information content (AvgIpc) is 2.56. The summed E-state index contributed by atoms with van der Waals surface area (Å²) in [6.07, 6.45) is 3.77. The van der Waals surface area contributed by atoms with Crippen molar-refractivity contribution in [3.63, 3.8) is 0 Å². The number of nitriles is 1. The fraction of sp³-hybridized carbons (Fsp3) is 0.500. The number of carbonyl (C=O) groups is 1. The van der Waals surface area contributed by atoms with Crippen molar-refractivity contribution in [2.24, 2.45) is 0 Å². The summed E-state index contributed by atoms with van der Waals surface area (Å²) in [5.41, 5.74) is 4.10. The van der Waals surface area contributed by atoms with Crippen LogP contribution < -0.4 is 5.32 Å². The quantitative estimate of drug-likeness (QED) is 0.676. The largest absolute Gasteiger partial charge is 0.376 e. The number of nitrogens with one attached hydrogen (secondary N) is 1. The van der Waals surface area contributed by atoms with Crippen LogP contribution >= 0.6 is 0 Å². The third-order valence-electron chi connectivity index (χ3n) is 4.88. The van der Waals surface area contributed by atoms with Crippen molar-refractivity contribution >= 4 is 11.6 Å². The number of hydrogen-bond acceptors (Lipinski definition) is 4. The zero-order chi connectivity index (χ0) is 18.6. The number of aryl methyl sites for hydroxylation is 3. The SMILES string of the molecule is Cc1cc(C)c(NC(=O)/C(C#N)=C\N(C)C2CCN(C)CC2)c(C)c1. The lowest BCUT2D eigenvalue weighted by Gasteiger charge is -2.34. The van der Waals surface area contributed by atoms with Gasteiger partial charge in [-0.3, -0.25) is 4.79 Å². The highest BCUT2D eigenvalue weighted by Gasteiger charge is 2.20. The van der Waals surface area contributed by atoms with E-state index in [4.69, 9.17) is 0 Å². The van der Waals surface area contributed by atoms with Gasteiger partial charge in [0.15, 0.2) is 0 Å². The molecule has 1 aromatic rings. The second-order valence-corrected chi connectivity index (χ2v) is 7.08. The van der Waals surface area contributed by atoms with Gasteiger partial charge in [-0.2, -0.15) is 5.26 Å². The summed E-state index contributed by atoms with van der Waals surface area (Å²) in [6.45, 7) is 8.05. The highest BCUT2D eigenvalue weighted by molar-refractivity contribution is 6.07. The van der Waals surface area contributed by atoms with Crippen molar-refractivity contribution in [3.05, 3.63) is 40.6 Å². The van der Waals surface area contributed by atoms with Gasteiger partial charge in [-0.05, 0) is 64.9 Å². The van der Waals surface area contributed by atoms with Crippen LogP contribution in [-0.4, -0.2) is 48.9 Å². The molecule has 0 saturated carbocycles. The van der Waals surface area contributed by atoms with E-state index in [0.29, 0.717) is 6.04 Å². The van der Waals surface area contributed by atoms with E-state index in [2.05, 4.69) is 17.3 Å². The summed E-state index contributed by atoms with van der Waals surface area (Å²) in [6, 6.07) is 6.48. The molecule has 0 bridgehead atoms. The van der Waals surface area contributed by atoms with Crippen LogP contribution in [0.1, 0.15) is 29.5 Å². The summed E-state index contributed by atoms with van der Waals surface area (Å²) >= 11 is 0. The van der Waals surface area contributed by atoms with Crippen LogP contribution in [0.5, 0.6) is 0 Å². The molecule has 1 fully saturated rings. The van der Waals surface area contributed by atoms with E-state index in [-0.39, 0.29) is 11.5 Å².